The average molecular weight is 569 g/mol. The number of carbonyl (C=O) groups is 2. The van der Waals surface area contributed by atoms with Gasteiger partial charge in [0.25, 0.3) is 0 Å². The molecule has 2 aliphatic heterocycles. The van der Waals surface area contributed by atoms with Crippen LogP contribution in [0.3, 0.4) is 0 Å². The highest BCUT2D eigenvalue weighted by Gasteiger charge is 2.50. The molecule has 1 N–H and O–H groups in total. The zero-order valence-electron chi connectivity index (χ0n) is 22.5. The second kappa shape index (κ2) is 11.4. The number of rotatable bonds is 8. The number of hydrogen-bond acceptors (Lipinski definition) is 8. The summed E-state index contributed by atoms with van der Waals surface area (Å²) in [4.78, 5) is 32.7. The van der Waals surface area contributed by atoms with E-state index in [0.29, 0.717) is 38.7 Å². The van der Waals surface area contributed by atoms with Gasteiger partial charge in [0.1, 0.15) is 12.4 Å². The molecule has 0 unspecified atom stereocenters. The Labute approximate surface area is 233 Å². The van der Waals surface area contributed by atoms with Gasteiger partial charge in [0.2, 0.25) is 10.0 Å². The van der Waals surface area contributed by atoms with Crippen LogP contribution in [0.4, 0.5) is 4.79 Å². The molecule has 212 valence electrons. The Balaban J connectivity index is 1.26. The number of benzene rings is 2. The van der Waals surface area contributed by atoms with E-state index in [1.807, 2.05) is 37.3 Å². The van der Waals surface area contributed by atoms with Gasteiger partial charge in [0, 0.05) is 42.8 Å². The number of nitrogens with one attached hydrogen (secondary N) is 1. The second-order valence-corrected chi connectivity index (χ2v) is 11.8. The minimum atomic E-state index is -4.02. The lowest BCUT2D eigenvalue weighted by Gasteiger charge is -2.50. The van der Waals surface area contributed by atoms with Crippen LogP contribution in [0, 0.1) is 6.92 Å². The molecule has 0 atom stereocenters. The first-order valence-electron chi connectivity index (χ1n) is 13.0. The number of aromatic nitrogens is 1. The highest BCUT2D eigenvalue weighted by Crippen LogP contribution is 2.30. The molecule has 2 fully saturated rings. The first kappa shape index (κ1) is 27.8. The number of sulfonamides is 1. The van der Waals surface area contributed by atoms with E-state index in [0.717, 1.165) is 22.2 Å². The van der Waals surface area contributed by atoms with Crippen molar-refractivity contribution in [3.05, 3.63) is 65.9 Å². The fourth-order valence-electron chi connectivity index (χ4n) is 5.07. The fraction of sp³-hybridized carbons (Fsp3) is 0.393. The van der Waals surface area contributed by atoms with Gasteiger partial charge in [0.05, 0.1) is 42.7 Å². The SMILES string of the molecule is COC(=O)CC1(NS(=O)(=O)c2ccc(OCc3cc(C)nc4ccccc34)cc2)CN(C(=O)N2CCOCC2)C1. The number of carbonyl (C=O) groups excluding carboxylic acids is 2. The molecule has 2 amide bonds. The molecule has 0 radical (unpaired) electrons. The lowest BCUT2D eigenvalue weighted by atomic mass is 9.87. The molecule has 2 saturated heterocycles. The number of pyridine rings is 1. The molecule has 2 aromatic carbocycles. The summed E-state index contributed by atoms with van der Waals surface area (Å²) in [6, 6.07) is 15.7. The average Bonchev–Trinajstić information content (AvgIpc) is 2.94. The largest absolute Gasteiger partial charge is 0.489 e. The van der Waals surface area contributed by atoms with Crippen molar-refractivity contribution in [1.82, 2.24) is 19.5 Å². The van der Waals surface area contributed by atoms with Crippen molar-refractivity contribution in [1.29, 1.82) is 0 Å². The van der Waals surface area contributed by atoms with Gasteiger partial charge in [-0.05, 0) is 43.3 Å². The number of morpholine rings is 1. The van der Waals surface area contributed by atoms with Crippen molar-refractivity contribution in [3.63, 3.8) is 0 Å². The number of aryl methyl sites for hydroxylation is 1. The van der Waals surface area contributed by atoms with E-state index in [-0.39, 0.29) is 30.4 Å². The van der Waals surface area contributed by atoms with E-state index < -0.39 is 21.5 Å². The molecule has 0 bridgehead atoms. The number of likely N-dealkylation sites (tertiary alicyclic amines) is 1. The van der Waals surface area contributed by atoms with Gasteiger partial charge < -0.3 is 24.0 Å². The second-order valence-electron chi connectivity index (χ2n) is 10.1. The maximum atomic E-state index is 13.3. The molecule has 3 aromatic rings. The summed E-state index contributed by atoms with van der Waals surface area (Å²) in [7, 11) is -2.77. The zero-order chi connectivity index (χ0) is 28.3. The van der Waals surface area contributed by atoms with Crippen molar-refractivity contribution in [3.8, 4) is 5.75 Å². The number of para-hydroxylation sites is 1. The van der Waals surface area contributed by atoms with Crippen LogP contribution >= 0.6 is 0 Å². The maximum absolute atomic E-state index is 13.3. The molecule has 11 nitrogen and oxygen atoms in total. The van der Waals surface area contributed by atoms with Crippen molar-refractivity contribution >= 4 is 32.9 Å². The monoisotopic (exact) mass is 568 g/mol. The van der Waals surface area contributed by atoms with E-state index in [2.05, 4.69) is 9.71 Å². The van der Waals surface area contributed by atoms with E-state index in [1.165, 1.54) is 24.1 Å². The highest BCUT2D eigenvalue weighted by atomic mass is 32.2. The molecule has 3 heterocycles. The Morgan fingerprint density at radius 3 is 2.45 bits per heavy atom. The van der Waals surface area contributed by atoms with Crippen LogP contribution in [0.2, 0.25) is 0 Å². The van der Waals surface area contributed by atoms with Crippen LogP contribution in [-0.2, 0) is 30.9 Å². The summed E-state index contributed by atoms with van der Waals surface area (Å²) < 4.78 is 45.4. The molecular weight excluding hydrogens is 536 g/mol. The smallest absolute Gasteiger partial charge is 0.320 e. The van der Waals surface area contributed by atoms with Crippen molar-refractivity contribution < 1.29 is 32.2 Å². The minimum absolute atomic E-state index is 0.0206. The zero-order valence-corrected chi connectivity index (χ0v) is 23.3. The molecule has 5 rings (SSSR count). The minimum Gasteiger partial charge on any atom is -0.489 e. The van der Waals surface area contributed by atoms with Crippen LogP contribution in [0.15, 0.2) is 59.5 Å². The number of urea groups is 1. The highest BCUT2D eigenvalue weighted by molar-refractivity contribution is 7.89. The number of hydrogen-bond donors (Lipinski definition) is 1. The molecule has 0 saturated carbocycles. The summed E-state index contributed by atoms with van der Waals surface area (Å²) in [5, 5.41) is 0.994. The number of fused-ring (bicyclic) bond motifs is 1. The van der Waals surface area contributed by atoms with Gasteiger partial charge in [0.15, 0.2) is 0 Å². The van der Waals surface area contributed by atoms with Crippen molar-refractivity contribution in [2.75, 3.05) is 46.5 Å². The Morgan fingerprint density at radius 2 is 1.75 bits per heavy atom. The first-order valence-corrected chi connectivity index (χ1v) is 14.5. The molecular formula is C28H32N4O7S. The summed E-state index contributed by atoms with van der Waals surface area (Å²) in [6.07, 6.45) is -0.198. The van der Waals surface area contributed by atoms with E-state index >= 15 is 0 Å². The molecule has 1 aromatic heterocycles. The quantitative estimate of drug-likeness (QED) is 0.411. The van der Waals surface area contributed by atoms with Crippen LogP contribution in [0.1, 0.15) is 17.7 Å². The van der Waals surface area contributed by atoms with E-state index in [1.54, 1.807) is 17.0 Å². The van der Waals surface area contributed by atoms with Crippen LogP contribution in [-0.4, -0.2) is 87.2 Å². The predicted molar refractivity (Wildman–Crippen MR) is 146 cm³/mol. The topological polar surface area (TPSA) is 127 Å². The van der Waals surface area contributed by atoms with Crippen LogP contribution in [0.5, 0.6) is 5.75 Å². The molecule has 0 aliphatic carbocycles. The van der Waals surface area contributed by atoms with Gasteiger partial charge in [-0.1, -0.05) is 18.2 Å². The van der Waals surface area contributed by atoms with E-state index in [4.69, 9.17) is 14.2 Å². The predicted octanol–water partition coefficient (Wildman–Crippen LogP) is 2.47. The standard InChI is InChI=1S/C28H32N4O7S/c1-20-15-21(24-5-3-4-6-25(24)29-20)17-39-22-7-9-23(10-8-22)40(35,36)30-28(16-26(33)37-2)18-32(19-28)27(34)31-11-13-38-14-12-31/h3-10,15,30H,11-14,16-19H2,1-2H3. The van der Waals surface area contributed by atoms with Crippen molar-refractivity contribution in [2.45, 2.75) is 30.4 Å². The van der Waals surface area contributed by atoms with E-state index in [9.17, 15) is 18.0 Å². The summed E-state index contributed by atoms with van der Waals surface area (Å²) in [5.41, 5.74) is 1.58. The Morgan fingerprint density at radius 1 is 1.05 bits per heavy atom. The number of amides is 2. The van der Waals surface area contributed by atoms with Gasteiger partial charge in [-0.3, -0.25) is 9.78 Å². The maximum Gasteiger partial charge on any atom is 0.320 e. The molecule has 40 heavy (non-hydrogen) atoms. The lowest BCUT2D eigenvalue weighted by molar-refractivity contribution is -0.143. The third-order valence-electron chi connectivity index (χ3n) is 7.06. The normalized spacial score (nSPS) is 16.9. The number of ether oxygens (including phenoxy) is 3. The Kier molecular flexibility index (Phi) is 7.92. The van der Waals surface area contributed by atoms with Gasteiger partial charge in [-0.25, -0.2) is 17.9 Å². The van der Waals surface area contributed by atoms with Gasteiger partial charge in [-0.15, -0.1) is 0 Å². The van der Waals surface area contributed by atoms with Crippen molar-refractivity contribution in [2.24, 2.45) is 0 Å². The molecule has 12 heteroatoms. The summed E-state index contributed by atoms with van der Waals surface area (Å²) in [6.45, 7) is 4.18. The summed E-state index contributed by atoms with van der Waals surface area (Å²) in [5.74, 6) is -0.0588. The third kappa shape index (κ3) is 6.03. The van der Waals surface area contributed by atoms with Gasteiger partial charge >= 0.3 is 12.0 Å². The third-order valence-corrected chi connectivity index (χ3v) is 8.65. The Hall–Kier alpha value is -3.74. The molecule has 0 spiro atoms. The Bertz CT molecular complexity index is 1500. The number of nitrogens with zero attached hydrogens (tertiary/aromatic N) is 3. The van der Waals surface area contributed by atoms with Crippen LogP contribution in [0.25, 0.3) is 10.9 Å². The van der Waals surface area contributed by atoms with Crippen LogP contribution < -0.4 is 9.46 Å². The number of esters is 1. The number of methoxy groups -OCH3 is 1. The lowest BCUT2D eigenvalue weighted by Crippen LogP contribution is -2.73. The summed E-state index contributed by atoms with van der Waals surface area (Å²) >= 11 is 0. The fourth-order valence-corrected chi connectivity index (χ4v) is 6.45. The van der Waals surface area contributed by atoms with Gasteiger partial charge in [-0.2, -0.15) is 0 Å². The first-order chi connectivity index (χ1) is 19.2. The molecule has 2 aliphatic rings.